The van der Waals surface area contributed by atoms with Crippen LogP contribution in [0.3, 0.4) is 0 Å². The predicted octanol–water partition coefficient (Wildman–Crippen LogP) is 1.92. The van der Waals surface area contributed by atoms with Gasteiger partial charge in [-0.25, -0.2) is 0 Å². The molecular weight excluding hydrogens is 180 g/mol. The van der Waals surface area contributed by atoms with Crippen LogP contribution in [0.1, 0.15) is 19.4 Å². The summed E-state index contributed by atoms with van der Waals surface area (Å²) in [7, 11) is 2.10. The first-order chi connectivity index (χ1) is 5.97. The third-order valence-corrected chi connectivity index (χ3v) is 2.44. The van der Waals surface area contributed by atoms with Crippen LogP contribution >= 0.6 is 11.3 Å². The first kappa shape index (κ1) is 10.7. The second-order valence-electron chi connectivity index (χ2n) is 4.29. The molecule has 2 N–H and O–H groups in total. The Morgan fingerprint density at radius 2 is 2.23 bits per heavy atom. The first-order valence-electron chi connectivity index (χ1n) is 4.46. The summed E-state index contributed by atoms with van der Waals surface area (Å²) in [4.78, 5) is 2.25. The summed E-state index contributed by atoms with van der Waals surface area (Å²) in [6.07, 6.45) is 0. The van der Waals surface area contributed by atoms with E-state index in [0.717, 1.165) is 13.1 Å². The van der Waals surface area contributed by atoms with E-state index < -0.39 is 0 Å². The highest BCUT2D eigenvalue weighted by Crippen LogP contribution is 2.09. The highest BCUT2D eigenvalue weighted by Gasteiger charge is 2.13. The summed E-state index contributed by atoms with van der Waals surface area (Å²) in [6.45, 7) is 6.02. The zero-order valence-electron chi connectivity index (χ0n) is 8.58. The van der Waals surface area contributed by atoms with Gasteiger partial charge in [0.25, 0.3) is 0 Å². The largest absolute Gasteiger partial charge is 0.324 e. The minimum atomic E-state index is -0.106. The monoisotopic (exact) mass is 198 g/mol. The van der Waals surface area contributed by atoms with Crippen molar-refractivity contribution in [3.05, 3.63) is 22.4 Å². The van der Waals surface area contributed by atoms with E-state index in [0.29, 0.717) is 0 Å². The average molecular weight is 198 g/mol. The lowest BCUT2D eigenvalue weighted by molar-refractivity contribution is 0.263. The van der Waals surface area contributed by atoms with E-state index in [-0.39, 0.29) is 5.54 Å². The summed E-state index contributed by atoms with van der Waals surface area (Å²) >= 11 is 1.74. The molecule has 74 valence electrons. The molecule has 0 fully saturated rings. The Hall–Kier alpha value is -0.380. The molecule has 1 rings (SSSR count). The molecule has 0 saturated carbocycles. The fraction of sp³-hybridized carbons (Fsp3) is 0.600. The third kappa shape index (κ3) is 4.41. The van der Waals surface area contributed by atoms with Crippen LogP contribution in [0.25, 0.3) is 0 Å². The molecule has 0 aliphatic carbocycles. The van der Waals surface area contributed by atoms with E-state index in [1.165, 1.54) is 5.56 Å². The second kappa shape index (κ2) is 4.22. The van der Waals surface area contributed by atoms with Crippen molar-refractivity contribution in [1.82, 2.24) is 4.90 Å². The second-order valence-corrected chi connectivity index (χ2v) is 5.07. The summed E-state index contributed by atoms with van der Waals surface area (Å²) in [5, 5.41) is 4.29. The summed E-state index contributed by atoms with van der Waals surface area (Å²) in [5.74, 6) is 0. The van der Waals surface area contributed by atoms with E-state index in [4.69, 9.17) is 5.73 Å². The first-order valence-corrected chi connectivity index (χ1v) is 5.40. The molecule has 2 nitrogen and oxygen atoms in total. The standard InChI is InChI=1S/C10H18N2S/c1-10(2,11)8-12(3)6-9-4-5-13-7-9/h4-5,7H,6,8,11H2,1-3H3. The SMILES string of the molecule is CN(Cc1ccsc1)CC(C)(C)N. The molecule has 0 spiro atoms. The molecule has 0 radical (unpaired) electrons. The van der Waals surface area contributed by atoms with E-state index in [2.05, 4.69) is 42.6 Å². The number of likely N-dealkylation sites (N-methyl/N-ethyl adjacent to an activating group) is 1. The lowest BCUT2D eigenvalue weighted by Gasteiger charge is -2.26. The molecule has 0 aliphatic heterocycles. The molecule has 0 aliphatic rings. The average Bonchev–Trinajstić information content (AvgIpc) is 2.34. The van der Waals surface area contributed by atoms with Crippen molar-refractivity contribution >= 4 is 11.3 Å². The maximum Gasteiger partial charge on any atom is 0.0239 e. The van der Waals surface area contributed by atoms with Gasteiger partial charge >= 0.3 is 0 Å². The lowest BCUT2D eigenvalue weighted by atomic mass is 10.1. The third-order valence-electron chi connectivity index (χ3n) is 1.71. The Labute approximate surface area is 84.4 Å². The Bertz CT molecular complexity index is 236. The van der Waals surface area contributed by atoms with Gasteiger partial charge < -0.3 is 10.6 Å². The van der Waals surface area contributed by atoms with E-state index in [1.807, 2.05) is 0 Å². The molecule has 0 unspecified atom stereocenters. The van der Waals surface area contributed by atoms with E-state index >= 15 is 0 Å². The van der Waals surface area contributed by atoms with Crippen molar-refractivity contribution < 1.29 is 0 Å². The highest BCUT2D eigenvalue weighted by molar-refractivity contribution is 7.07. The van der Waals surface area contributed by atoms with Crippen LogP contribution in [0, 0.1) is 0 Å². The Balaban J connectivity index is 2.38. The Morgan fingerprint density at radius 3 is 2.69 bits per heavy atom. The summed E-state index contributed by atoms with van der Waals surface area (Å²) in [5.41, 5.74) is 7.19. The maximum absolute atomic E-state index is 5.93. The zero-order valence-corrected chi connectivity index (χ0v) is 9.40. The van der Waals surface area contributed by atoms with Gasteiger partial charge in [0.1, 0.15) is 0 Å². The van der Waals surface area contributed by atoms with Gasteiger partial charge in [0, 0.05) is 18.6 Å². The molecule has 3 heteroatoms. The number of hydrogen-bond donors (Lipinski definition) is 1. The van der Waals surface area contributed by atoms with Crippen LogP contribution in [0.5, 0.6) is 0 Å². The fourth-order valence-electron chi connectivity index (χ4n) is 1.45. The molecule has 0 amide bonds. The van der Waals surface area contributed by atoms with Crippen molar-refractivity contribution in [2.45, 2.75) is 25.9 Å². The van der Waals surface area contributed by atoms with E-state index in [1.54, 1.807) is 11.3 Å². The van der Waals surface area contributed by atoms with Crippen LogP contribution in [0.2, 0.25) is 0 Å². The smallest absolute Gasteiger partial charge is 0.0239 e. The van der Waals surface area contributed by atoms with Crippen molar-refractivity contribution in [3.8, 4) is 0 Å². The van der Waals surface area contributed by atoms with Gasteiger partial charge in [-0.15, -0.1) is 0 Å². The summed E-state index contributed by atoms with van der Waals surface area (Å²) in [6, 6.07) is 2.16. The predicted molar refractivity (Wildman–Crippen MR) is 58.9 cm³/mol. The molecular formula is C10H18N2S. The van der Waals surface area contributed by atoms with Gasteiger partial charge in [-0.3, -0.25) is 0 Å². The minimum Gasteiger partial charge on any atom is -0.324 e. The van der Waals surface area contributed by atoms with Gasteiger partial charge in [-0.05, 0) is 43.3 Å². The Kier molecular flexibility index (Phi) is 3.47. The van der Waals surface area contributed by atoms with Crippen molar-refractivity contribution in [1.29, 1.82) is 0 Å². The van der Waals surface area contributed by atoms with Gasteiger partial charge in [-0.1, -0.05) is 0 Å². The van der Waals surface area contributed by atoms with Crippen molar-refractivity contribution in [2.75, 3.05) is 13.6 Å². The van der Waals surface area contributed by atoms with Crippen molar-refractivity contribution in [2.24, 2.45) is 5.73 Å². The molecule has 0 aromatic carbocycles. The van der Waals surface area contributed by atoms with Crippen LogP contribution in [0.15, 0.2) is 16.8 Å². The van der Waals surface area contributed by atoms with Crippen molar-refractivity contribution in [3.63, 3.8) is 0 Å². The summed E-state index contributed by atoms with van der Waals surface area (Å²) < 4.78 is 0. The fourth-order valence-corrected chi connectivity index (χ4v) is 2.11. The topological polar surface area (TPSA) is 29.3 Å². The zero-order chi connectivity index (χ0) is 9.90. The van der Waals surface area contributed by atoms with Gasteiger partial charge in [0.05, 0.1) is 0 Å². The number of hydrogen-bond acceptors (Lipinski definition) is 3. The maximum atomic E-state index is 5.93. The molecule has 1 aromatic heterocycles. The van der Waals surface area contributed by atoms with E-state index in [9.17, 15) is 0 Å². The quantitative estimate of drug-likeness (QED) is 0.801. The normalized spacial score (nSPS) is 12.4. The molecule has 0 saturated heterocycles. The molecule has 13 heavy (non-hydrogen) atoms. The van der Waals surface area contributed by atoms with Gasteiger partial charge in [0.2, 0.25) is 0 Å². The van der Waals surface area contributed by atoms with Crippen LogP contribution in [0.4, 0.5) is 0 Å². The minimum absolute atomic E-state index is 0.106. The molecule has 0 bridgehead atoms. The van der Waals surface area contributed by atoms with Gasteiger partial charge in [0.15, 0.2) is 0 Å². The van der Waals surface area contributed by atoms with Crippen LogP contribution in [-0.4, -0.2) is 24.0 Å². The van der Waals surface area contributed by atoms with Crippen LogP contribution < -0.4 is 5.73 Å². The van der Waals surface area contributed by atoms with Crippen LogP contribution in [-0.2, 0) is 6.54 Å². The number of nitrogens with zero attached hydrogens (tertiary/aromatic N) is 1. The lowest BCUT2D eigenvalue weighted by Crippen LogP contribution is -2.43. The van der Waals surface area contributed by atoms with Gasteiger partial charge in [-0.2, -0.15) is 11.3 Å². The molecule has 0 atom stereocenters. The number of thiophene rings is 1. The number of nitrogens with two attached hydrogens (primary N) is 1. The molecule has 1 heterocycles. The highest BCUT2D eigenvalue weighted by atomic mass is 32.1. The Morgan fingerprint density at radius 1 is 1.54 bits per heavy atom. The molecule has 1 aromatic rings. The number of rotatable bonds is 4.